The lowest BCUT2D eigenvalue weighted by molar-refractivity contribution is -0.0929. The van der Waals surface area contributed by atoms with Crippen LogP contribution in [0.4, 0.5) is 0 Å². The van der Waals surface area contributed by atoms with Gasteiger partial charge in [0.15, 0.2) is 0 Å². The molecule has 6 unspecified atom stereocenters. The Kier molecular flexibility index (Phi) is 2.69. The molecule has 1 heteroatoms. The summed E-state index contributed by atoms with van der Waals surface area (Å²) in [6, 6.07) is 0. The lowest BCUT2D eigenvalue weighted by Gasteiger charge is -2.61. The van der Waals surface area contributed by atoms with Crippen LogP contribution in [0.3, 0.4) is 0 Å². The quantitative estimate of drug-likeness (QED) is 0.425. The highest BCUT2D eigenvalue weighted by Gasteiger charge is 2.67. The summed E-state index contributed by atoms with van der Waals surface area (Å²) in [6.07, 6.45) is 14.6. The van der Waals surface area contributed by atoms with E-state index in [1.54, 1.807) is 5.57 Å². The molecule has 0 aromatic heterocycles. The minimum atomic E-state index is 0.206. The van der Waals surface area contributed by atoms with Crippen molar-refractivity contribution in [3.8, 4) is 0 Å². The molecule has 1 nitrogen and oxygen atoms in total. The van der Waals surface area contributed by atoms with Crippen LogP contribution in [0.25, 0.3) is 0 Å². The van der Waals surface area contributed by atoms with Gasteiger partial charge in [-0.05, 0) is 68.6 Å². The topological polar surface area (TPSA) is 12.5 Å². The fourth-order valence-electron chi connectivity index (χ4n) is 7.71. The van der Waals surface area contributed by atoms with Gasteiger partial charge in [0.05, 0.1) is 11.7 Å². The van der Waals surface area contributed by atoms with E-state index >= 15 is 0 Å². The Morgan fingerprint density at radius 2 is 1.82 bits per heavy atom. The molecule has 0 amide bonds. The molecule has 22 heavy (non-hydrogen) atoms. The monoisotopic (exact) mass is 300 g/mol. The molecular weight excluding hydrogens is 268 g/mol. The third-order valence-electron chi connectivity index (χ3n) is 8.57. The molecule has 4 aliphatic carbocycles. The maximum atomic E-state index is 6.46. The van der Waals surface area contributed by atoms with Gasteiger partial charge in [0.1, 0.15) is 0 Å². The minimum absolute atomic E-state index is 0.206. The Balaban J connectivity index is 1.52. The molecule has 0 aromatic carbocycles. The zero-order chi connectivity index (χ0) is 15.2. The van der Waals surface area contributed by atoms with Crippen LogP contribution in [0.1, 0.15) is 78.1 Å². The van der Waals surface area contributed by atoms with Gasteiger partial charge < -0.3 is 4.74 Å². The summed E-state index contributed by atoms with van der Waals surface area (Å²) in [5.41, 5.74) is 2.91. The van der Waals surface area contributed by atoms with Crippen molar-refractivity contribution in [3.05, 3.63) is 12.2 Å². The second kappa shape index (κ2) is 4.21. The summed E-state index contributed by atoms with van der Waals surface area (Å²) < 4.78 is 6.46. The molecule has 5 rings (SSSR count). The third kappa shape index (κ3) is 1.70. The van der Waals surface area contributed by atoms with E-state index in [-0.39, 0.29) is 5.60 Å². The van der Waals surface area contributed by atoms with Crippen LogP contribution in [0.15, 0.2) is 12.2 Å². The number of allylic oxidation sites excluding steroid dienone is 1. The molecule has 122 valence electrons. The van der Waals surface area contributed by atoms with Crippen LogP contribution in [-0.4, -0.2) is 11.7 Å². The standard InChI is InChI=1S/C21H32O/c1-14-11-21(9-4-5-10-21)18-20(3,22-18)12-15-7-6-8-19(2)13-16(14)17(15)19/h15-18H,1,4-13H2,2-3H3. The first-order valence-electron chi connectivity index (χ1n) is 9.81. The van der Waals surface area contributed by atoms with Crippen LogP contribution in [0, 0.1) is 28.6 Å². The summed E-state index contributed by atoms with van der Waals surface area (Å²) in [6.45, 7) is 9.65. The summed E-state index contributed by atoms with van der Waals surface area (Å²) in [4.78, 5) is 0. The third-order valence-corrected chi connectivity index (χ3v) is 8.57. The number of hydrogen-bond donors (Lipinski definition) is 0. The molecule has 4 saturated carbocycles. The van der Waals surface area contributed by atoms with Crippen molar-refractivity contribution in [1.29, 1.82) is 0 Å². The second-order valence-electron chi connectivity index (χ2n) is 10.1. The van der Waals surface area contributed by atoms with Crippen molar-refractivity contribution in [2.24, 2.45) is 28.6 Å². The van der Waals surface area contributed by atoms with E-state index in [0.29, 0.717) is 16.9 Å². The Hall–Kier alpha value is -0.300. The maximum absolute atomic E-state index is 6.46. The second-order valence-corrected chi connectivity index (χ2v) is 10.1. The zero-order valence-electron chi connectivity index (χ0n) is 14.5. The molecule has 5 aliphatic rings. The molecule has 0 aromatic rings. The molecule has 1 saturated heterocycles. The van der Waals surface area contributed by atoms with Gasteiger partial charge in [0, 0.05) is 5.41 Å². The Morgan fingerprint density at radius 1 is 1.05 bits per heavy atom. The first kappa shape index (κ1) is 14.1. The number of ether oxygens (including phenoxy) is 1. The SMILES string of the molecule is C=C1CC2(CCCC2)C2OC2(C)CC2CCCC3(C)CC1C23. The van der Waals surface area contributed by atoms with Gasteiger partial charge in [-0.1, -0.05) is 44.8 Å². The number of fused-ring (bicyclic) bond motifs is 2. The maximum Gasteiger partial charge on any atom is 0.0930 e. The fraction of sp³-hybridized carbons (Fsp3) is 0.905. The van der Waals surface area contributed by atoms with Crippen molar-refractivity contribution in [1.82, 2.24) is 0 Å². The zero-order valence-corrected chi connectivity index (χ0v) is 14.5. The molecule has 0 N–H and O–H groups in total. The van der Waals surface area contributed by atoms with Crippen molar-refractivity contribution < 1.29 is 4.74 Å². The first-order chi connectivity index (χ1) is 10.5. The van der Waals surface area contributed by atoms with Gasteiger partial charge in [-0.15, -0.1) is 0 Å². The van der Waals surface area contributed by atoms with Gasteiger partial charge >= 0.3 is 0 Å². The predicted octanol–water partition coefficient (Wildman–Crippen LogP) is 5.50. The minimum Gasteiger partial charge on any atom is -0.366 e. The summed E-state index contributed by atoms with van der Waals surface area (Å²) >= 11 is 0. The molecule has 0 radical (unpaired) electrons. The van der Waals surface area contributed by atoms with Gasteiger partial charge in [0.2, 0.25) is 0 Å². The molecule has 0 bridgehead atoms. The molecule has 5 fully saturated rings. The van der Waals surface area contributed by atoms with Crippen LogP contribution >= 0.6 is 0 Å². The summed E-state index contributed by atoms with van der Waals surface area (Å²) in [5.74, 6) is 2.67. The van der Waals surface area contributed by atoms with Gasteiger partial charge in [0.25, 0.3) is 0 Å². The lowest BCUT2D eigenvalue weighted by atomic mass is 9.44. The van der Waals surface area contributed by atoms with E-state index in [2.05, 4.69) is 20.4 Å². The largest absolute Gasteiger partial charge is 0.366 e. The van der Waals surface area contributed by atoms with Crippen molar-refractivity contribution in [2.75, 3.05) is 0 Å². The van der Waals surface area contributed by atoms with Crippen molar-refractivity contribution in [3.63, 3.8) is 0 Å². The molecular formula is C21H32O. The van der Waals surface area contributed by atoms with Crippen LogP contribution in [0.5, 0.6) is 0 Å². The Bertz CT molecular complexity index is 516. The Labute approximate surface area is 135 Å². The van der Waals surface area contributed by atoms with Crippen LogP contribution < -0.4 is 0 Å². The van der Waals surface area contributed by atoms with E-state index in [1.165, 1.54) is 64.2 Å². The molecule has 1 spiro atoms. The van der Waals surface area contributed by atoms with Crippen LogP contribution in [0.2, 0.25) is 0 Å². The number of epoxide rings is 1. The smallest absolute Gasteiger partial charge is 0.0930 e. The molecule has 1 heterocycles. The van der Waals surface area contributed by atoms with E-state index in [1.807, 2.05) is 0 Å². The van der Waals surface area contributed by atoms with Gasteiger partial charge in [-0.25, -0.2) is 0 Å². The van der Waals surface area contributed by atoms with Crippen LogP contribution in [-0.2, 0) is 4.74 Å². The lowest BCUT2D eigenvalue weighted by Crippen LogP contribution is -2.53. The van der Waals surface area contributed by atoms with Crippen molar-refractivity contribution in [2.45, 2.75) is 89.8 Å². The molecule has 6 atom stereocenters. The first-order valence-corrected chi connectivity index (χ1v) is 9.81. The van der Waals surface area contributed by atoms with Crippen molar-refractivity contribution >= 4 is 0 Å². The Morgan fingerprint density at radius 3 is 2.59 bits per heavy atom. The average molecular weight is 300 g/mol. The van der Waals surface area contributed by atoms with E-state index < -0.39 is 0 Å². The van der Waals surface area contributed by atoms with E-state index in [4.69, 9.17) is 4.74 Å². The van der Waals surface area contributed by atoms with Gasteiger partial charge in [-0.2, -0.15) is 0 Å². The normalized spacial score (nSPS) is 55.5. The highest BCUT2D eigenvalue weighted by atomic mass is 16.6. The molecule has 1 aliphatic heterocycles. The van der Waals surface area contributed by atoms with E-state index in [0.717, 1.165) is 17.8 Å². The highest BCUT2D eigenvalue weighted by molar-refractivity contribution is 5.24. The number of hydrogen-bond acceptors (Lipinski definition) is 1. The average Bonchev–Trinajstić information content (AvgIpc) is 2.90. The number of rotatable bonds is 0. The van der Waals surface area contributed by atoms with Gasteiger partial charge in [-0.3, -0.25) is 0 Å². The highest BCUT2D eigenvalue weighted by Crippen LogP contribution is 2.69. The fourth-order valence-corrected chi connectivity index (χ4v) is 7.71. The predicted molar refractivity (Wildman–Crippen MR) is 89.6 cm³/mol. The summed E-state index contributed by atoms with van der Waals surface area (Å²) in [7, 11) is 0. The summed E-state index contributed by atoms with van der Waals surface area (Å²) in [5, 5.41) is 0. The van der Waals surface area contributed by atoms with E-state index in [9.17, 15) is 0 Å².